The fourth-order valence-electron chi connectivity index (χ4n) is 1.87. The Morgan fingerprint density at radius 1 is 1.27 bits per heavy atom. The molecule has 0 fully saturated rings. The number of aryl methyl sites for hydroxylation is 1. The van der Waals surface area contributed by atoms with Gasteiger partial charge >= 0.3 is 11.9 Å². The van der Waals surface area contributed by atoms with Crippen LogP contribution in [-0.2, 0) is 14.3 Å². The molecule has 1 aromatic rings. The van der Waals surface area contributed by atoms with Crippen molar-refractivity contribution in [2.24, 2.45) is 0 Å². The summed E-state index contributed by atoms with van der Waals surface area (Å²) in [5.41, 5.74) is 1.25. The molecule has 1 heterocycles. The third-order valence-electron chi connectivity index (χ3n) is 2.92. The van der Waals surface area contributed by atoms with Crippen LogP contribution in [0.4, 0.5) is 0 Å². The van der Waals surface area contributed by atoms with E-state index < -0.39 is 24.5 Å². The molecule has 0 aliphatic heterocycles. The van der Waals surface area contributed by atoms with Gasteiger partial charge in [-0.2, -0.15) is 5.26 Å². The maximum atomic E-state index is 11.9. The fourth-order valence-corrected chi connectivity index (χ4v) is 1.87. The Balaban J connectivity index is 2.69. The van der Waals surface area contributed by atoms with Crippen LogP contribution in [0.25, 0.3) is 0 Å². The zero-order valence-corrected chi connectivity index (χ0v) is 12.6. The van der Waals surface area contributed by atoms with E-state index in [2.05, 4.69) is 15.0 Å². The average Bonchev–Trinajstić information content (AvgIpc) is 2.79. The van der Waals surface area contributed by atoms with E-state index in [-0.39, 0.29) is 24.2 Å². The van der Waals surface area contributed by atoms with E-state index in [0.717, 1.165) is 0 Å². The van der Waals surface area contributed by atoms with Crippen LogP contribution in [-0.4, -0.2) is 43.1 Å². The van der Waals surface area contributed by atoms with E-state index >= 15 is 0 Å². The summed E-state index contributed by atoms with van der Waals surface area (Å²) in [6.45, 7) is 2.94. The predicted molar refractivity (Wildman–Crippen MR) is 75.1 cm³/mol. The summed E-state index contributed by atoms with van der Waals surface area (Å²) < 4.78 is 9.51. The highest BCUT2D eigenvalue weighted by atomic mass is 16.5. The second-order valence-corrected chi connectivity index (χ2v) is 4.45. The van der Waals surface area contributed by atoms with Gasteiger partial charge in [0.15, 0.2) is 6.61 Å². The van der Waals surface area contributed by atoms with Crippen molar-refractivity contribution in [3.63, 3.8) is 0 Å². The van der Waals surface area contributed by atoms with Crippen LogP contribution in [0.3, 0.4) is 0 Å². The second kappa shape index (κ2) is 7.83. The van der Waals surface area contributed by atoms with Crippen molar-refractivity contribution in [1.29, 1.82) is 5.26 Å². The highest BCUT2D eigenvalue weighted by Gasteiger charge is 2.23. The van der Waals surface area contributed by atoms with Crippen molar-refractivity contribution >= 4 is 17.8 Å². The maximum absolute atomic E-state index is 11.9. The van der Waals surface area contributed by atoms with Crippen LogP contribution in [0.1, 0.15) is 38.5 Å². The Labute approximate surface area is 127 Å². The Kier molecular flexibility index (Phi) is 6.13. The highest BCUT2D eigenvalue weighted by molar-refractivity contribution is 5.99. The number of nitrogens with one attached hydrogen (secondary N) is 2. The number of esters is 2. The second-order valence-electron chi connectivity index (χ2n) is 4.45. The minimum absolute atomic E-state index is 0.0997. The van der Waals surface area contributed by atoms with Gasteiger partial charge in [0.05, 0.1) is 25.2 Å². The number of rotatable bonds is 6. The quantitative estimate of drug-likeness (QED) is 0.586. The number of nitrogens with zero attached hydrogens (tertiary/aromatic N) is 1. The number of hydrogen-bond donors (Lipinski definition) is 2. The molecular formula is C14H17N3O5. The van der Waals surface area contributed by atoms with Crippen LogP contribution in [0, 0.1) is 25.2 Å². The monoisotopic (exact) mass is 307 g/mol. The average molecular weight is 307 g/mol. The van der Waals surface area contributed by atoms with Crippen molar-refractivity contribution in [2.45, 2.75) is 20.3 Å². The Morgan fingerprint density at radius 2 is 1.95 bits per heavy atom. The largest absolute Gasteiger partial charge is 0.465 e. The first-order valence-corrected chi connectivity index (χ1v) is 6.50. The number of methoxy groups -OCH3 is 1. The number of nitriles is 1. The Hall–Kier alpha value is -2.82. The minimum Gasteiger partial charge on any atom is -0.465 e. The number of H-pyrrole nitrogens is 1. The molecule has 0 unspecified atom stereocenters. The lowest BCUT2D eigenvalue weighted by molar-refractivity contribution is -0.124. The molecule has 0 aliphatic rings. The predicted octanol–water partition coefficient (Wildman–Crippen LogP) is 0.605. The van der Waals surface area contributed by atoms with Gasteiger partial charge in [0, 0.05) is 12.2 Å². The van der Waals surface area contributed by atoms with E-state index in [1.165, 1.54) is 7.11 Å². The lowest BCUT2D eigenvalue weighted by Crippen LogP contribution is -2.29. The molecular weight excluding hydrogens is 290 g/mol. The molecule has 8 nitrogen and oxygen atoms in total. The number of aromatic amines is 1. The van der Waals surface area contributed by atoms with Crippen molar-refractivity contribution in [2.75, 3.05) is 20.3 Å². The first-order chi connectivity index (χ1) is 10.4. The molecule has 22 heavy (non-hydrogen) atoms. The maximum Gasteiger partial charge on any atom is 0.355 e. The zero-order chi connectivity index (χ0) is 16.7. The van der Waals surface area contributed by atoms with E-state index in [1.54, 1.807) is 13.8 Å². The van der Waals surface area contributed by atoms with E-state index in [4.69, 9.17) is 10.00 Å². The van der Waals surface area contributed by atoms with E-state index in [9.17, 15) is 14.4 Å². The van der Waals surface area contributed by atoms with Crippen molar-refractivity contribution in [1.82, 2.24) is 10.3 Å². The first kappa shape index (κ1) is 17.2. The van der Waals surface area contributed by atoms with E-state index in [1.807, 2.05) is 6.07 Å². The summed E-state index contributed by atoms with van der Waals surface area (Å²) in [6, 6.07) is 1.88. The molecule has 0 saturated carbocycles. The summed E-state index contributed by atoms with van der Waals surface area (Å²) in [4.78, 5) is 37.7. The molecule has 0 aromatic carbocycles. The van der Waals surface area contributed by atoms with Gasteiger partial charge in [-0.05, 0) is 19.4 Å². The molecule has 1 amide bonds. The van der Waals surface area contributed by atoms with Crippen molar-refractivity contribution in [3.8, 4) is 6.07 Å². The third kappa shape index (κ3) is 4.09. The topological polar surface area (TPSA) is 121 Å². The molecule has 2 N–H and O–H groups in total. The normalized spacial score (nSPS) is 9.73. The van der Waals surface area contributed by atoms with Gasteiger partial charge in [0.2, 0.25) is 0 Å². The molecule has 0 radical (unpaired) electrons. The van der Waals surface area contributed by atoms with Crippen LogP contribution in [0.2, 0.25) is 0 Å². The zero-order valence-electron chi connectivity index (χ0n) is 12.6. The summed E-state index contributed by atoms with van der Waals surface area (Å²) in [6.07, 6.45) is 0.178. The number of ether oxygens (including phenoxy) is 2. The molecule has 0 atom stereocenters. The van der Waals surface area contributed by atoms with E-state index in [0.29, 0.717) is 11.3 Å². The number of amides is 1. The smallest absolute Gasteiger partial charge is 0.355 e. The molecule has 0 aliphatic carbocycles. The van der Waals surface area contributed by atoms with Crippen LogP contribution in [0.5, 0.6) is 0 Å². The Morgan fingerprint density at radius 3 is 2.55 bits per heavy atom. The number of carbonyl (C=O) groups is 3. The lowest BCUT2D eigenvalue weighted by atomic mass is 10.1. The van der Waals surface area contributed by atoms with Gasteiger partial charge in [-0.1, -0.05) is 0 Å². The highest BCUT2D eigenvalue weighted by Crippen LogP contribution is 2.19. The molecule has 1 rings (SSSR count). The summed E-state index contributed by atoms with van der Waals surface area (Å²) in [5.74, 6) is -1.80. The number of hydrogen-bond acceptors (Lipinski definition) is 6. The van der Waals surface area contributed by atoms with Gasteiger partial charge < -0.3 is 19.8 Å². The standard InChI is InChI=1S/C14H17N3O5/c1-8-11(13(19)21-3)9(2)17-12(8)14(20)22-7-10(18)16-6-4-5-15/h17H,4,6-7H2,1-3H3,(H,16,18). The molecule has 0 bridgehead atoms. The molecule has 8 heteroatoms. The summed E-state index contributed by atoms with van der Waals surface area (Å²) in [5, 5.41) is 10.8. The van der Waals surface area contributed by atoms with Crippen molar-refractivity contribution in [3.05, 3.63) is 22.5 Å². The van der Waals surface area contributed by atoms with Crippen LogP contribution >= 0.6 is 0 Å². The van der Waals surface area contributed by atoms with Gasteiger partial charge in [-0.25, -0.2) is 9.59 Å². The molecule has 0 spiro atoms. The van der Waals surface area contributed by atoms with Gasteiger partial charge in [-0.3, -0.25) is 4.79 Å². The number of aromatic nitrogens is 1. The van der Waals surface area contributed by atoms with Gasteiger partial charge in [0.25, 0.3) is 5.91 Å². The molecule has 118 valence electrons. The molecule has 1 aromatic heterocycles. The first-order valence-electron chi connectivity index (χ1n) is 6.50. The molecule has 0 saturated heterocycles. The third-order valence-corrected chi connectivity index (χ3v) is 2.92. The summed E-state index contributed by atoms with van der Waals surface area (Å²) >= 11 is 0. The van der Waals surface area contributed by atoms with Crippen molar-refractivity contribution < 1.29 is 23.9 Å². The fraction of sp³-hybridized carbons (Fsp3) is 0.429. The van der Waals surface area contributed by atoms with Gasteiger partial charge in [0.1, 0.15) is 5.69 Å². The Bertz CT molecular complexity index is 627. The van der Waals surface area contributed by atoms with Crippen LogP contribution < -0.4 is 5.32 Å². The van der Waals surface area contributed by atoms with Gasteiger partial charge in [-0.15, -0.1) is 0 Å². The lowest BCUT2D eigenvalue weighted by Gasteiger charge is -2.05. The number of carbonyl (C=O) groups excluding carboxylic acids is 3. The summed E-state index contributed by atoms with van der Waals surface area (Å²) in [7, 11) is 1.25. The minimum atomic E-state index is -0.744. The SMILES string of the molecule is COC(=O)c1c(C)[nH]c(C(=O)OCC(=O)NCCC#N)c1C. The van der Waals surface area contributed by atoms with Crippen LogP contribution in [0.15, 0.2) is 0 Å².